The number of aromatic nitrogens is 2. The highest BCUT2D eigenvalue weighted by molar-refractivity contribution is 6.31. The van der Waals surface area contributed by atoms with Gasteiger partial charge in [-0.1, -0.05) is 36.7 Å². The van der Waals surface area contributed by atoms with Crippen LogP contribution in [0.25, 0.3) is 0 Å². The molecule has 0 saturated heterocycles. The summed E-state index contributed by atoms with van der Waals surface area (Å²) in [5.41, 5.74) is 3.74. The Morgan fingerprint density at radius 3 is 2.62 bits per heavy atom. The average Bonchev–Trinajstić information content (AvgIpc) is 2.79. The van der Waals surface area contributed by atoms with Gasteiger partial charge in [0.25, 0.3) is 0 Å². The second-order valence-electron chi connectivity index (χ2n) is 6.16. The van der Waals surface area contributed by atoms with Gasteiger partial charge < -0.3 is 10.4 Å². The molecule has 1 amide bonds. The molecule has 1 aromatic heterocycles. The first-order chi connectivity index (χ1) is 11.3. The van der Waals surface area contributed by atoms with Gasteiger partial charge in [0.2, 0.25) is 5.91 Å². The van der Waals surface area contributed by atoms with Crippen molar-refractivity contribution >= 4 is 17.5 Å². The molecule has 2 rings (SSSR count). The SMILES string of the molecule is Cc1nn(C)c(C)c1C[C@@H](C)C(=O)NC[C@@H](O)c1ccccc1Cl. The Bertz CT molecular complexity index is 727. The molecule has 6 heteroatoms. The predicted molar refractivity (Wildman–Crippen MR) is 95.0 cm³/mol. The van der Waals surface area contributed by atoms with Gasteiger partial charge in [0.1, 0.15) is 0 Å². The topological polar surface area (TPSA) is 67.2 Å². The van der Waals surface area contributed by atoms with Gasteiger partial charge in [0.05, 0.1) is 11.8 Å². The summed E-state index contributed by atoms with van der Waals surface area (Å²) in [6.07, 6.45) is -0.198. The molecule has 0 bridgehead atoms. The smallest absolute Gasteiger partial charge is 0.223 e. The molecule has 2 aromatic rings. The van der Waals surface area contributed by atoms with Gasteiger partial charge in [-0.2, -0.15) is 5.10 Å². The van der Waals surface area contributed by atoms with Crippen molar-refractivity contribution in [2.24, 2.45) is 13.0 Å². The molecule has 1 aromatic carbocycles. The number of halogens is 1. The Morgan fingerprint density at radius 1 is 1.38 bits per heavy atom. The first-order valence-electron chi connectivity index (χ1n) is 8.00. The van der Waals surface area contributed by atoms with E-state index in [9.17, 15) is 9.90 Å². The molecule has 0 unspecified atom stereocenters. The van der Waals surface area contributed by atoms with E-state index < -0.39 is 6.10 Å². The summed E-state index contributed by atoms with van der Waals surface area (Å²) in [5.74, 6) is -0.297. The third-order valence-corrected chi connectivity index (χ3v) is 4.69. The lowest BCUT2D eigenvalue weighted by Crippen LogP contribution is -2.33. The lowest BCUT2D eigenvalue weighted by atomic mass is 9.98. The van der Waals surface area contributed by atoms with Crippen LogP contribution in [0.5, 0.6) is 0 Å². The summed E-state index contributed by atoms with van der Waals surface area (Å²) in [7, 11) is 1.90. The van der Waals surface area contributed by atoms with E-state index in [1.165, 1.54) is 0 Å². The lowest BCUT2D eigenvalue weighted by Gasteiger charge is -2.16. The first kappa shape index (κ1) is 18.5. The van der Waals surface area contributed by atoms with Crippen LogP contribution in [-0.2, 0) is 18.3 Å². The number of hydrogen-bond donors (Lipinski definition) is 2. The average molecular weight is 350 g/mol. The number of benzene rings is 1. The van der Waals surface area contributed by atoms with Crippen LogP contribution in [0.3, 0.4) is 0 Å². The van der Waals surface area contributed by atoms with Crippen molar-refractivity contribution in [3.63, 3.8) is 0 Å². The minimum atomic E-state index is -0.822. The van der Waals surface area contributed by atoms with E-state index in [-0.39, 0.29) is 18.4 Å². The molecular weight excluding hydrogens is 326 g/mol. The number of nitrogens with one attached hydrogen (secondary N) is 1. The Labute approximate surface area is 147 Å². The van der Waals surface area contributed by atoms with Crippen LogP contribution in [0.15, 0.2) is 24.3 Å². The summed E-state index contributed by atoms with van der Waals surface area (Å²) in [4.78, 5) is 12.3. The molecule has 130 valence electrons. The Hall–Kier alpha value is -1.85. The maximum atomic E-state index is 12.3. The van der Waals surface area contributed by atoms with Gasteiger partial charge in [-0.05, 0) is 31.9 Å². The third-order valence-electron chi connectivity index (χ3n) is 4.35. The Kier molecular flexibility index (Phi) is 6.02. The van der Waals surface area contributed by atoms with Crippen LogP contribution in [0.1, 0.15) is 35.5 Å². The summed E-state index contributed by atoms with van der Waals surface area (Å²) in [6, 6.07) is 7.09. The first-order valence-corrected chi connectivity index (χ1v) is 8.38. The van der Waals surface area contributed by atoms with Gasteiger partial charge in [-0.25, -0.2) is 0 Å². The Morgan fingerprint density at radius 2 is 2.04 bits per heavy atom. The monoisotopic (exact) mass is 349 g/mol. The van der Waals surface area contributed by atoms with E-state index in [1.54, 1.807) is 18.2 Å². The fraction of sp³-hybridized carbons (Fsp3) is 0.444. The van der Waals surface area contributed by atoms with Crippen LogP contribution in [0, 0.1) is 19.8 Å². The van der Waals surface area contributed by atoms with Gasteiger partial charge in [-0.3, -0.25) is 9.48 Å². The summed E-state index contributed by atoms with van der Waals surface area (Å²) in [6.45, 7) is 5.97. The predicted octanol–water partition coefficient (Wildman–Crippen LogP) is 2.72. The van der Waals surface area contributed by atoms with Crippen LogP contribution in [0.4, 0.5) is 0 Å². The fourth-order valence-corrected chi connectivity index (χ4v) is 3.00. The van der Waals surface area contributed by atoms with E-state index in [0.29, 0.717) is 17.0 Å². The number of hydrogen-bond acceptors (Lipinski definition) is 3. The van der Waals surface area contributed by atoms with E-state index >= 15 is 0 Å². The van der Waals surface area contributed by atoms with Crippen molar-refractivity contribution in [2.75, 3.05) is 6.54 Å². The third kappa shape index (κ3) is 4.16. The van der Waals surface area contributed by atoms with Crippen molar-refractivity contribution in [2.45, 2.75) is 33.3 Å². The molecule has 5 nitrogen and oxygen atoms in total. The lowest BCUT2D eigenvalue weighted by molar-refractivity contribution is -0.124. The molecule has 0 saturated carbocycles. The highest BCUT2D eigenvalue weighted by Gasteiger charge is 2.20. The largest absolute Gasteiger partial charge is 0.387 e. The highest BCUT2D eigenvalue weighted by Crippen LogP contribution is 2.22. The van der Waals surface area contributed by atoms with E-state index in [0.717, 1.165) is 17.0 Å². The quantitative estimate of drug-likeness (QED) is 0.842. The molecule has 0 radical (unpaired) electrons. The zero-order valence-electron chi connectivity index (χ0n) is 14.5. The second kappa shape index (κ2) is 7.81. The highest BCUT2D eigenvalue weighted by atomic mass is 35.5. The molecule has 0 aliphatic rings. The van der Waals surface area contributed by atoms with Crippen molar-refractivity contribution in [3.05, 3.63) is 51.8 Å². The second-order valence-corrected chi connectivity index (χ2v) is 6.57. The fourth-order valence-electron chi connectivity index (χ4n) is 2.74. The van der Waals surface area contributed by atoms with Crippen LogP contribution >= 0.6 is 11.6 Å². The molecule has 0 spiro atoms. The molecule has 0 fully saturated rings. The Balaban J connectivity index is 1.93. The number of aliphatic hydroxyl groups is 1. The van der Waals surface area contributed by atoms with Crippen molar-refractivity contribution < 1.29 is 9.90 Å². The molecule has 0 aliphatic carbocycles. The zero-order valence-corrected chi connectivity index (χ0v) is 15.3. The van der Waals surface area contributed by atoms with Crippen LogP contribution in [0.2, 0.25) is 5.02 Å². The summed E-state index contributed by atoms with van der Waals surface area (Å²) >= 11 is 6.06. The standard InChI is InChI=1S/C18H24ClN3O2/c1-11(9-15-12(2)21-22(4)13(15)3)18(24)20-10-17(23)14-7-5-6-8-16(14)19/h5-8,11,17,23H,9-10H2,1-4H3,(H,20,24)/t11-,17-/m1/s1. The summed E-state index contributed by atoms with van der Waals surface area (Å²) in [5, 5.41) is 17.9. The van der Waals surface area contributed by atoms with Crippen LogP contribution in [-0.4, -0.2) is 27.3 Å². The van der Waals surface area contributed by atoms with Gasteiger partial charge in [-0.15, -0.1) is 0 Å². The minimum Gasteiger partial charge on any atom is -0.387 e. The summed E-state index contributed by atoms with van der Waals surface area (Å²) < 4.78 is 1.83. The maximum Gasteiger partial charge on any atom is 0.223 e. The van der Waals surface area contributed by atoms with Gasteiger partial charge in [0.15, 0.2) is 0 Å². The molecular formula is C18H24ClN3O2. The van der Waals surface area contributed by atoms with Crippen molar-refractivity contribution in [1.82, 2.24) is 15.1 Å². The molecule has 24 heavy (non-hydrogen) atoms. The molecule has 1 heterocycles. The number of carbonyl (C=O) groups excluding carboxylic acids is 1. The number of amides is 1. The minimum absolute atomic E-state index is 0.0937. The normalized spacial score (nSPS) is 13.6. The molecule has 0 aliphatic heterocycles. The number of rotatable bonds is 6. The zero-order chi connectivity index (χ0) is 17.9. The van der Waals surface area contributed by atoms with Crippen LogP contribution < -0.4 is 5.32 Å². The number of carbonyl (C=O) groups is 1. The van der Waals surface area contributed by atoms with Gasteiger partial charge in [0, 0.05) is 35.8 Å². The van der Waals surface area contributed by atoms with E-state index in [1.807, 2.05) is 38.6 Å². The molecule has 2 atom stereocenters. The van der Waals surface area contributed by atoms with Crippen molar-refractivity contribution in [3.8, 4) is 0 Å². The maximum absolute atomic E-state index is 12.3. The number of aliphatic hydroxyl groups excluding tert-OH is 1. The number of aryl methyl sites for hydroxylation is 2. The van der Waals surface area contributed by atoms with Gasteiger partial charge >= 0.3 is 0 Å². The van der Waals surface area contributed by atoms with Crippen molar-refractivity contribution in [1.29, 1.82) is 0 Å². The number of nitrogens with zero attached hydrogens (tertiary/aromatic N) is 2. The van der Waals surface area contributed by atoms with E-state index in [2.05, 4.69) is 10.4 Å². The van der Waals surface area contributed by atoms with E-state index in [4.69, 9.17) is 11.6 Å². The molecule has 2 N–H and O–H groups in total.